The van der Waals surface area contributed by atoms with Crippen molar-refractivity contribution in [2.75, 3.05) is 0 Å². The highest BCUT2D eigenvalue weighted by atomic mass is 79.9. The van der Waals surface area contributed by atoms with Gasteiger partial charge in [-0.1, -0.05) is 0 Å². The summed E-state index contributed by atoms with van der Waals surface area (Å²) in [5, 5.41) is 0.424. The zero-order valence-electron chi connectivity index (χ0n) is 7.60. The van der Waals surface area contributed by atoms with Crippen molar-refractivity contribution >= 4 is 26.8 Å². The third-order valence-electron chi connectivity index (χ3n) is 2.00. The summed E-state index contributed by atoms with van der Waals surface area (Å²) in [4.78, 5) is 16.8. The summed E-state index contributed by atoms with van der Waals surface area (Å²) in [7, 11) is 0. The van der Waals surface area contributed by atoms with Crippen LogP contribution in [0.25, 0.3) is 10.9 Å². The molecule has 0 atom stereocenters. The van der Waals surface area contributed by atoms with Crippen LogP contribution in [0.2, 0.25) is 0 Å². The van der Waals surface area contributed by atoms with Gasteiger partial charge in [0.15, 0.2) is 0 Å². The maximum absolute atomic E-state index is 12.4. The normalized spacial score (nSPS) is 12.0. The molecule has 0 aliphatic heterocycles. The van der Waals surface area contributed by atoms with E-state index in [1.165, 1.54) is 6.07 Å². The number of benzene rings is 1. The van der Waals surface area contributed by atoms with Crippen molar-refractivity contribution in [1.29, 1.82) is 0 Å². The van der Waals surface area contributed by atoms with E-state index in [1.807, 2.05) is 0 Å². The van der Waals surface area contributed by atoms with Gasteiger partial charge >= 0.3 is 11.9 Å². The predicted octanol–water partition coefficient (Wildman–Crippen LogP) is 2.70. The van der Waals surface area contributed by atoms with Gasteiger partial charge in [0, 0.05) is 5.39 Å². The summed E-state index contributed by atoms with van der Waals surface area (Å²) in [5.74, 6) is 0. The molecule has 0 unspecified atom stereocenters. The minimum Gasteiger partial charge on any atom is -0.299 e. The summed E-state index contributed by atoms with van der Waals surface area (Å²) < 4.78 is 37.5. The number of alkyl halides is 3. The lowest BCUT2D eigenvalue weighted by molar-refractivity contribution is -0.137. The van der Waals surface area contributed by atoms with Crippen LogP contribution in [-0.2, 0) is 6.18 Å². The molecule has 84 valence electrons. The monoisotopic (exact) mass is 292 g/mol. The Morgan fingerprint density at radius 1 is 1.31 bits per heavy atom. The number of H-pyrrole nitrogens is 1. The maximum Gasteiger partial charge on any atom is 0.416 e. The zero-order chi connectivity index (χ0) is 11.9. The van der Waals surface area contributed by atoms with Gasteiger partial charge in [-0.15, -0.1) is 0 Å². The molecule has 1 heterocycles. The van der Waals surface area contributed by atoms with Crippen LogP contribution in [0.5, 0.6) is 0 Å². The van der Waals surface area contributed by atoms with E-state index in [9.17, 15) is 18.0 Å². The quantitative estimate of drug-likeness (QED) is 0.759. The lowest BCUT2D eigenvalue weighted by Crippen LogP contribution is -2.11. The first-order valence-electron chi connectivity index (χ1n) is 4.15. The summed E-state index contributed by atoms with van der Waals surface area (Å²) in [6, 6.07) is 3.04. The Morgan fingerprint density at radius 2 is 2.00 bits per heavy atom. The number of hydrogen-bond acceptors (Lipinski definition) is 2. The van der Waals surface area contributed by atoms with Crippen LogP contribution in [0.4, 0.5) is 13.2 Å². The molecule has 0 amide bonds. The highest BCUT2D eigenvalue weighted by molar-refractivity contribution is 9.10. The molecule has 0 saturated carbocycles. The number of nitrogens with one attached hydrogen (secondary N) is 1. The van der Waals surface area contributed by atoms with Crippen LogP contribution in [-0.4, -0.2) is 9.97 Å². The Kier molecular flexibility index (Phi) is 2.49. The Hall–Kier alpha value is -1.37. The van der Waals surface area contributed by atoms with Gasteiger partial charge in [0.2, 0.25) is 0 Å². The fourth-order valence-electron chi connectivity index (χ4n) is 1.28. The second-order valence-corrected chi connectivity index (χ2v) is 3.88. The Morgan fingerprint density at radius 3 is 2.62 bits per heavy atom. The van der Waals surface area contributed by atoms with Gasteiger partial charge in [0.1, 0.15) is 0 Å². The molecular formula is C9H4BrF3N2O. The number of nitrogens with zero attached hydrogens (tertiary/aromatic N) is 1. The van der Waals surface area contributed by atoms with E-state index in [1.54, 1.807) is 0 Å². The predicted molar refractivity (Wildman–Crippen MR) is 55.1 cm³/mol. The Balaban J connectivity index is 2.76. The topological polar surface area (TPSA) is 45.8 Å². The van der Waals surface area contributed by atoms with Crippen LogP contribution >= 0.6 is 15.9 Å². The molecule has 0 bridgehead atoms. The Labute approximate surface area is 95.4 Å². The van der Waals surface area contributed by atoms with Gasteiger partial charge in [-0.3, -0.25) is 4.98 Å². The lowest BCUT2D eigenvalue weighted by atomic mass is 10.1. The van der Waals surface area contributed by atoms with E-state index in [0.717, 1.165) is 12.1 Å². The molecule has 0 radical (unpaired) electrons. The van der Waals surface area contributed by atoms with Crippen LogP contribution in [0.15, 0.2) is 27.6 Å². The van der Waals surface area contributed by atoms with Crippen LogP contribution in [0.3, 0.4) is 0 Å². The van der Waals surface area contributed by atoms with E-state index >= 15 is 0 Å². The molecule has 1 N–H and O–H groups in total. The minimum atomic E-state index is -4.44. The van der Waals surface area contributed by atoms with Gasteiger partial charge in [0.05, 0.1) is 15.7 Å². The SMILES string of the molecule is O=c1nc2cc(C(F)(F)F)ccc2c(Br)[nH]1. The van der Waals surface area contributed by atoms with E-state index in [2.05, 4.69) is 25.9 Å². The molecule has 0 aliphatic carbocycles. The molecule has 0 aliphatic rings. The number of hydrogen-bond donors (Lipinski definition) is 1. The van der Waals surface area contributed by atoms with Crippen molar-refractivity contribution in [1.82, 2.24) is 9.97 Å². The van der Waals surface area contributed by atoms with Gasteiger partial charge in [-0.25, -0.2) is 4.79 Å². The van der Waals surface area contributed by atoms with E-state index in [0.29, 0.717) is 9.99 Å². The smallest absolute Gasteiger partial charge is 0.299 e. The number of fused-ring (bicyclic) bond motifs is 1. The standard InChI is InChI=1S/C9H4BrF3N2O/c10-7-5-2-1-4(9(11,12)13)3-6(5)14-8(16)15-7/h1-3H,(H,14,15,16). The van der Waals surface area contributed by atoms with Crippen molar-refractivity contribution in [2.24, 2.45) is 0 Å². The molecule has 2 aromatic rings. The highest BCUT2D eigenvalue weighted by Crippen LogP contribution is 2.31. The summed E-state index contributed by atoms with van der Waals surface area (Å²) >= 11 is 3.05. The van der Waals surface area contributed by atoms with E-state index in [-0.39, 0.29) is 5.52 Å². The molecule has 3 nitrogen and oxygen atoms in total. The van der Waals surface area contributed by atoms with Gasteiger partial charge in [-0.2, -0.15) is 18.2 Å². The number of rotatable bonds is 0. The third-order valence-corrected chi connectivity index (χ3v) is 2.63. The molecule has 7 heteroatoms. The summed E-state index contributed by atoms with van der Waals surface area (Å²) in [6.07, 6.45) is -4.44. The molecule has 0 spiro atoms. The molecule has 1 aromatic carbocycles. The van der Waals surface area contributed by atoms with E-state index in [4.69, 9.17) is 0 Å². The first-order chi connectivity index (χ1) is 7.38. The fraction of sp³-hybridized carbons (Fsp3) is 0.111. The molecule has 0 saturated heterocycles. The molecular weight excluding hydrogens is 289 g/mol. The molecule has 1 aromatic heterocycles. The third kappa shape index (κ3) is 1.95. The first-order valence-corrected chi connectivity index (χ1v) is 4.94. The van der Waals surface area contributed by atoms with Gasteiger partial charge in [0.25, 0.3) is 0 Å². The largest absolute Gasteiger partial charge is 0.416 e. The fourth-order valence-corrected chi connectivity index (χ4v) is 1.79. The van der Waals surface area contributed by atoms with Crippen molar-refractivity contribution in [3.63, 3.8) is 0 Å². The van der Waals surface area contributed by atoms with Crippen molar-refractivity contribution in [3.8, 4) is 0 Å². The van der Waals surface area contributed by atoms with E-state index < -0.39 is 17.4 Å². The second-order valence-electron chi connectivity index (χ2n) is 3.09. The van der Waals surface area contributed by atoms with Crippen LogP contribution in [0, 0.1) is 0 Å². The summed E-state index contributed by atoms with van der Waals surface area (Å²) in [6.45, 7) is 0. The second kappa shape index (κ2) is 3.58. The van der Waals surface area contributed by atoms with Gasteiger partial charge in [-0.05, 0) is 34.1 Å². The number of aromatic amines is 1. The summed E-state index contributed by atoms with van der Waals surface area (Å²) in [5.41, 5.74) is -1.52. The van der Waals surface area contributed by atoms with Gasteiger partial charge < -0.3 is 0 Å². The number of halogens is 4. The van der Waals surface area contributed by atoms with Crippen LogP contribution in [0.1, 0.15) is 5.56 Å². The molecule has 0 fully saturated rings. The average Bonchev–Trinajstić information content (AvgIpc) is 2.15. The zero-order valence-corrected chi connectivity index (χ0v) is 9.19. The molecule has 2 rings (SSSR count). The van der Waals surface area contributed by atoms with Crippen LogP contribution < -0.4 is 5.69 Å². The Bertz CT molecular complexity index is 606. The highest BCUT2D eigenvalue weighted by Gasteiger charge is 2.30. The van der Waals surface area contributed by atoms with Crippen molar-refractivity contribution in [3.05, 3.63) is 38.9 Å². The lowest BCUT2D eigenvalue weighted by Gasteiger charge is -2.07. The maximum atomic E-state index is 12.4. The van der Waals surface area contributed by atoms with Crippen molar-refractivity contribution in [2.45, 2.75) is 6.18 Å². The first kappa shape index (κ1) is 11.1. The molecule has 16 heavy (non-hydrogen) atoms. The number of aromatic nitrogens is 2. The van der Waals surface area contributed by atoms with Crippen molar-refractivity contribution < 1.29 is 13.2 Å². The average molecular weight is 293 g/mol. The minimum absolute atomic E-state index is 0.00505.